The van der Waals surface area contributed by atoms with Crippen LogP contribution in [0.15, 0.2) is 237 Å². The monoisotopic (exact) mass is 713 g/mol. The lowest BCUT2D eigenvalue weighted by molar-refractivity contribution is 0.768. The van der Waals surface area contributed by atoms with Gasteiger partial charge < -0.3 is 4.90 Å². The van der Waals surface area contributed by atoms with Crippen LogP contribution < -0.4 is 4.90 Å². The first-order valence-corrected chi connectivity index (χ1v) is 19.4. The number of benzene rings is 9. The van der Waals surface area contributed by atoms with Crippen LogP contribution in [0, 0.1) is 0 Å². The number of hydrogen-bond donors (Lipinski definition) is 0. The molecule has 0 atom stereocenters. The highest BCUT2D eigenvalue weighted by Crippen LogP contribution is 2.60. The first kappa shape index (κ1) is 33.4. The molecular formula is C55H39N. The quantitative estimate of drug-likeness (QED) is 0.152. The van der Waals surface area contributed by atoms with Gasteiger partial charge in [0, 0.05) is 16.8 Å². The maximum atomic E-state index is 2.51. The number of fused-ring (bicyclic) bond motifs is 3. The Labute approximate surface area is 329 Å². The van der Waals surface area contributed by atoms with Crippen molar-refractivity contribution in [2.24, 2.45) is 0 Å². The molecule has 9 aromatic carbocycles. The van der Waals surface area contributed by atoms with E-state index in [9.17, 15) is 0 Å². The fraction of sp³-hybridized carbons (Fsp3) is 0.0182. The number of rotatable bonds is 8. The Kier molecular flexibility index (Phi) is 8.46. The maximum absolute atomic E-state index is 2.51. The molecule has 1 aliphatic rings. The third-order valence-corrected chi connectivity index (χ3v) is 11.4. The molecule has 0 N–H and O–H groups in total. The van der Waals surface area contributed by atoms with Gasteiger partial charge in [-0.15, -0.1) is 0 Å². The van der Waals surface area contributed by atoms with Gasteiger partial charge in [0.2, 0.25) is 0 Å². The average molecular weight is 714 g/mol. The van der Waals surface area contributed by atoms with Crippen LogP contribution >= 0.6 is 0 Å². The molecule has 0 spiro atoms. The summed E-state index contributed by atoms with van der Waals surface area (Å²) in [5.41, 5.74) is 17.5. The molecule has 0 aliphatic heterocycles. The zero-order valence-corrected chi connectivity index (χ0v) is 31.0. The van der Waals surface area contributed by atoms with Gasteiger partial charge in [0.1, 0.15) is 0 Å². The minimum absolute atomic E-state index is 0.512. The minimum atomic E-state index is -0.512. The molecule has 0 fully saturated rings. The van der Waals surface area contributed by atoms with E-state index in [0.717, 1.165) is 17.1 Å². The Morgan fingerprint density at radius 3 is 1.36 bits per heavy atom. The molecule has 0 unspecified atom stereocenters. The molecule has 0 saturated heterocycles. The summed E-state index contributed by atoms with van der Waals surface area (Å²) in [6, 6.07) is 86.3. The normalized spacial score (nSPS) is 12.4. The van der Waals surface area contributed by atoms with Gasteiger partial charge in [-0.05, 0) is 79.9 Å². The number of nitrogens with zero attached hydrogens (tertiary/aromatic N) is 1. The summed E-state index contributed by atoms with van der Waals surface area (Å²) in [5.74, 6) is 0. The second-order valence-electron chi connectivity index (χ2n) is 14.4. The van der Waals surface area contributed by atoms with Crippen LogP contribution in [0.1, 0.15) is 22.3 Å². The van der Waals surface area contributed by atoms with Crippen molar-refractivity contribution in [2.45, 2.75) is 5.41 Å². The van der Waals surface area contributed by atoms with Gasteiger partial charge in [0.25, 0.3) is 0 Å². The molecule has 0 amide bonds. The lowest BCUT2D eigenvalue weighted by Gasteiger charge is -2.34. The van der Waals surface area contributed by atoms with E-state index >= 15 is 0 Å². The molecule has 0 aromatic heterocycles. The lowest BCUT2D eigenvalue weighted by atomic mass is 9.68. The van der Waals surface area contributed by atoms with Crippen molar-refractivity contribution in [1.82, 2.24) is 0 Å². The van der Waals surface area contributed by atoms with Gasteiger partial charge in [-0.2, -0.15) is 0 Å². The van der Waals surface area contributed by atoms with Crippen molar-refractivity contribution in [3.05, 3.63) is 259 Å². The van der Waals surface area contributed by atoms with E-state index in [1.165, 1.54) is 66.8 Å². The zero-order chi connectivity index (χ0) is 37.3. The van der Waals surface area contributed by atoms with Gasteiger partial charge in [-0.1, -0.05) is 212 Å². The molecule has 9 aromatic rings. The number of hydrogen-bond acceptors (Lipinski definition) is 1. The smallest absolute Gasteiger partial charge is 0.0714 e. The summed E-state index contributed by atoms with van der Waals surface area (Å²) in [4.78, 5) is 2.51. The fourth-order valence-electron chi connectivity index (χ4n) is 8.89. The topological polar surface area (TPSA) is 3.24 Å². The molecule has 10 rings (SSSR count). The Morgan fingerprint density at radius 1 is 0.286 bits per heavy atom. The van der Waals surface area contributed by atoms with Crippen LogP contribution in [0.4, 0.5) is 17.1 Å². The second kappa shape index (κ2) is 14.2. The summed E-state index contributed by atoms with van der Waals surface area (Å²) in [7, 11) is 0. The first-order chi connectivity index (χ1) is 27.8. The molecular weight excluding hydrogens is 675 g/mol. The van der Waals surface area contributed by atoms with Crippen molar-refractivity contribution < 1.29 is 0 Å². The molecule has 264 valence electrons. The Balaban J connectivity index is 1.29. The zero-order valence-electron chi connectivity index (χ0n) is 31.0. The molecule has 0 radical (unpaired) electrons. The average Bonchev–Trinajstić information content (AvgIpc) is 3.60. The van der Waals surface area contributed by atoms with Crippen LogP contribution in [-0.2, 0) is 5.41 Å². The summed E-state index contributed by atoms with van der Waals surface area (Å²) >= 11 is 0. The van der Waals surface area contributed by atoms with Crippen molar-refractivity contribution in [1.29, 1.82) is 0 Å². The molecule has 1 heteroatoms. The highest BCUT2D eigenvalue weighted by atomic mass is 15.1. The van der Waals surface area contributed by atoms with E-state index in [1.54, 1.807) is 0 Å². The van der Waals surface area contributed by atoms with Crippen molar-refractivity contribution >= 4 is 17.1 Å². The van der Waals surface area contributed by atoms with Gasteiger partial charge in [-0.3, -0.25) is 0 Å². The largest absolute Gasteiger partial charge is 0.309 e. The first-order valence-electron chi connectivity index (χ1n) is 19.4. The van der Waals surface area contributed by atoms with Crippen LogP contribution in [0.2, 0.25) is 0 Å². The van der Waals surface area contributed by atoms with Crippen LogP contribution in [0.5, 0.6) is 0 Å². The summed E-state index contributed by atoms with van der Waals surface area (Å²) in [5, 5.41) is 0. The van der Waals surface area contributed by atoms with Crippen molar-refractivity contribution in [3.63, 3.8) is 0 Å². The molecule has 0 bridgehead atoms. The second-order valence-corrected chi connectivity index (χ2v) is 14.4. The predicted octanol–water partition coefficient (Wildman–Crippen LogP) is 14.5. The Bertz CT molecular complexity index is 2720. The predicted molar refractivity (Wildman–Crippen MR) is 235 cm³/mol. The van der Waals surface area contributed by atoms with E-state index in [4.69, 9.17) is 0 Å². The van der Waals surface area contributed by atoms with Gasteiger partial charge >= 0.3 is 0 Å². The lowest BCUT2D eigenvalue weighted by Crippen LogP contribution is -2.28. The fourth-order valence-corrected chi connectivity index (χ4v) is 8.89. The van der Waals surface area contributed by atoms with E-state index < -0.39 is 5.41 Å². The van der Waals surface area contributed by atoms with E-state index in [2.05, 4.69) is 241 Å². The van der Waals surface area contributed by atoms with Crippen molar-refractivity contribution in [2.75, 3.05) is 4.90 Å². The van der Waals surface area contributed by atoms with Crippen LogP contribution in [0.25, 0.3) is 44.5 Å². The molecule has 1 aliphatic carbocycles. The highest BCUT2D eigenvalue weighted by molar-refractivity contribution is 6.00. The summed E-state index contributed by atoms with van der Waals surface area (Å²) in [6.45, 7) is 0. The van der Waals surface area contributed by atoms with E-state index in [0.29, 0.717) is 0 Å². The third-order valence-electron chi connectivity index (χ3n) is 11.4. The Morgan fingerprint density at radius 2 is 0.750 bits per heavy atom. The summed E-state index contributed by atoms with van der Waals surface area (Å²) in [6.07, 6.45) is 0. The highest BCUT2D eigenvalue weighted by Gasteiger charge is 2.47. The van der Waals surface area contributed by atoms with E-state index in [-0.39, 0.29) is 0 Å². The number of anilines is 3. The van der Waals surface area contributed by atoms with Gasteiger partial charge in [-0.25, -0.2) is 0 Å². The van der Waals surface area contributed by atoms with Gasteiger partial charge in [0.15, 0.2) is 0 Å². The summed E-state index contributed by atoms with van der Waals surface area (Å²) < 4.78 is 0. The SMILES string of the molecule is c1ccc(-c2ccc(N(c3cc(-c4ccccc4)ccc3-c3ccccc3)c3cccc4c3-c3ccccc3C4(c3ccccc3)c3ccccc3)cc2)cc1. The Hall–Kier alpha value is -7.22. The van der Waals surface area contributed by atoms with Crippen LogP contribution in [0.3, 0.4) is 0 Å². The maximum Gasteiger partial charge on any atom is 0.0714 e. The molecule has 56 heavy (non-hydrogen) atoms. The minimum Gasteiger partial charge on any atom is -0.309 e. The molecule has 1 nitrogen and oxygen atoms in total. The van der Waals surface area contributed by atoms with Crippen LogP contribution in [-0.4, -0.2) is 0 Å². The molecule has 0 heterocycles. The van der Waals surface area contributed by atoms with Crippen molar-refractivity contribution in [3.8, 4) is 44.5 Å². The van der Waals surface area contributed by atoms with Gasteiger partial charge in [0.05, 0.1) is 16.8 Å². The standard InChI is InChI=1S/C55H39N/c1-6-19-40(20-7-1)42-33-36-47(37-34-42)56(53-39-44(41-21-8-2-9-22-41)35-38-48(53)43-23-10-3-11-24-43)52-32-18-31-51-54(52)49-29-16-17-30-50(49)55(51,45-25-12-4-13-26-45)46-27-14-5-15-28-46/h1-39H. The van der Waals surface area contributed by atoms with E-state index in [1.807, 2.05) is 0 Å². The molecule has 0 saturated carbocycles. The third kappa shape index (κ3) is 5.56.